The van der Waals surface area contributed by atoms with Crippen LogP contribution in [0.15, 0.2) is 132 Å². The quantitative estimate of drug-likeness (QED) is 0.115. The number of amides is 1. The van der Waals surface area contributed by atoms with Gasteiger partial charge >= 0.3 is 5.97 Å². The molecule has 0 bridgehead atoms. The van der Waals surface area contributed by atoms with Crippen LogP contribution in [-0.2, 0) is 45.6 Å². The number of methoxy groups -OCH3 is 1. The maximum Gasteiger partial charge on any atom is 0.326 e. The van der Waals surface area contributed by atoms with Crippen LogP contribution in [0.1, 0.15) is 39.5 Å². The normalized spacial score (nSPS) is 16.2. The van der Waals surface area contributed by atoms with Crippen molar-refractivity contribution in [1.82, 2.24) is 9.62 Å². The first kappa shape index (κ1) is 43.1. The minimum atomic E-state index is -4.41. The van der Waals surface area contributed by atoms with Crippen LogP contribution >= 0.6 is 23.2 Å². The third-order valence-electron chi connectivity index (χ3n) is 11.0. The number of nitrogens with one attached hydrogen (secondary N) is 1. The van der Waals surface area contributed by atoms with E-state index in [1.165, 1.54) is 19.2 Å². The van der Waals surface area contributed by atoms with Gasteiger partial charge in [-0.2, -0.15) is 9.57 Å². The molecule has 0 aliphatic carbocycles. The van der Waals surface area contributed by atoms with Crippen molar-refractivity contribution in [3.05, 3.63) is 171 Å². The van der Waals surface area contributed by atoms with Crippen molar-refractivity contribution >= 4 is 45.1 Å². The zero-order chi connectivity index (χ0) is 44.3. The van der Waals surface area contributed by atoms with E-state index in [9.17, 15) is 23.1 Å². The van der Waals surface area contributed by atoms with Crippen LogP contribution in [0.4, 0.5) is 0 Å². The van der Waals surface area contributed by atoms with Crippen LogP contribution in [-0.4, -0.2) is 55.5 Å². The minimum Gasteiger partial charge on any atom is -0.495 e. The summed E-state index contributed by atoms with van der Waals surface area (Å²) in [5.41, 5.74) is 5.84. The lowest BCUT2D eigenvalue weighted by atomic mass is 9.93. The second kappa shape index (κ2) is 18.4. The van der Waals surface area contributed by atoms with Gasteiger partial charge in [0.15, 0.2) is 17.6 Å². The number of sulfonamides is 1. The monoisotopic (exact) mass is 903 g/mol. The second-order valence-electron chi connectivity index (χ2n) is 15.0. The fourth-order valence-electron chi connectivity index (χ4n) is 7.57. The Balaban J connectivity index is 1.02. The lowest BCUT2D eigenvalue weighted by Crippen LogP contribution is -2.55. The van der Waals surface area contributed by atoms with Crippen molar-refractivity contribution in [3.8, 4) is 40.2 Å². The number of carboxylic acids is 1. The van der Waals surface area contributed by atoms with Crippen LogP contribution in [0.25, 0.3) is 11.1 Å². The molecule has 0 aromatic heterocycles. The van der Waals surface area contributed by atoms with Gasteiger partial charge in [-0.15, -0.1) is 0 Å². The molecule has 0 radical (unpaired) electrons. The molecule has 2 N–H and O–H groups in total. The first-order chi connectivity index (χ1) is 30.4. The highest BCUT2D eigenvalue weighted by Crippen LogP contribution is 2.42. The zero-order valence-corrected chi connectivity index (χ0v) is 36.0. The summed E-state index contributed by atoms with van der Waals surface area (Å²) in [5, 5.41) is 23.0. The number of aliphatic carboxylic acids is 1. The number of hydrogen-bond donors (Lipinski definition) is 2. The maximum absolute atomic E-state index is 14.6. The van der Waals surface area contributed by atoms with Crippen LogP contribution in [0.5, 0.6) is 23.0 Å². The van der Waals surface area contributed by atoms with E-state index in [1.807, 2.05) is 54.6 Å². The number of nitriles is 1. The number of hydrogen-bond acceptors (Lipinski definition) is 9. The van der Waals surface area contributed by atoms with Gasteiger partial charge in [0.05, 0.1) is 28.8 Å². The Kier molecular flexibility index (Phi) is 12.6. The van der Waals surface area contributed by atoms with Crippen LogP contribution in [0.3, 0.4) is 0 Å². The predicted octanol–water partition coefficient (Wildman–Crippen LogP) is 8.56. The molecule has 320 valence electrons. The highest BCUT2D eigenvalue weighted by molar-refractivity contribution is 7.89. The Morgan fingerprint density at radius 2 is 1.56 bits per heavy atom. The van der Waals surface area contributed by atoms with Crippen LogP contribution < -0.4 is 24.3 Å². The summed E-state index contributed by atoms with van der Waals surface area (Å²) in [4.78, 5) is 26.8. The Morgan fingerprint density at radius 3 is 2.24 bits per heavy atom. The third kappa shape index (κ3) is 9.45. The molecule has 0 fully saturated rings. The van der Waals surface area contributed by atoms with Crippen molar-refractivity contribution in [2.45, 2.75) is 49.1 Å². The molecular formula is C48H39Cl2N3O9S. The first-order valence-corrected chi connectivity index (χ1v) is 22.0. The van der Waals surface area contributed by atoms with E-state index in [2.05, 4.69) is 11.4 Å². The topological polar surface area (TPSA) is 164 Å². The summed E-state index contributed by atoms with van der Waals surface area (Å²) in [7, 11) is -3.05. The van der Waals surface area contributed by atoms with Gasteiger partial charge in [0.2, 0.25) is 15.9 Å². The summed E-state index contributed by atoms with van der Waals surface area (Å²) in [5.74, 6) is -0.505. The molecule has 0 saturated carbocycles. The first-order valence-electron chi connectivity index (χ1n) is 19.8. The lowest BCUT2D eigenvalue weighted by molar-refractivity contribution is -0.142. The molecule has 6 aromatic rings. The Labute approximate surface area is 374 Å². The van der Waals surface area contributed by atoms with Crippen LogP contribution in [0, 0.1) is 11.3 Å². The Hall–Kier alpha value is -6.56. The van der Waals surface area contributed by atoms with E-state index in [0.717, 1.165) is 26.6 Å². The maximum atomic E-state index is 14.6. The number of fused-ring (bicyclic) bond motifs is 2. The molecule has 0 saturated heterocycles. The summed E-state index contributed by atoms with van der Waals surface area (Å²) in [6.07, 6.45) is -0.633. The van der Waals surface area contributed by atoms with E-state index in [4.69, 9.17) is 47.4 Å². The predicted molar refractivity (Wildman–Crippen MR) is 236 cm³/mol. The largest absolute Gasteiger partial charge is 0.495 e. The Bertz CT molecular complexity index is 2830. The SMILES string of the molecule is COc1ccccc1S(=O)(=O)N1Cc2cc3c(cc2C[C@H]1C(=O)N[C@@H](Cc1ccc(-c2ccc(C#N)cc2)cc1)C(=O)O)OCC(c1ccc(OCc2ccc(Cl)c(Cl)c2)cc1)O3. The van der Waals surface area contributed by atoms with Crippen molar-refractivity contribution in [2.75, 3.05) is 13.7 Å². The lowest BCUT2D eigenvalue weighted by Gasteiger charge is -2.37. The second-order valence-corrected chi connectivity index (χ2v) is 17.7. The molecule has 1 amide bonds. The molecule has 3 atom stereocenters. The van der Waals surface area contributed by atoms with E-state index < -0.39 is 40.1 Å². The van der Waals surface area contributed by atoms with Gasteiger partial charge in [-0.1, -0.05) is 89.9 Å². The molecule has 8 rings (SSSR count). The summed E-state index contributed by atoms with van der Waals surface area (Å²) < 4.78 is 54.2. The number of rotatable bonds is 13. The standard InChI is InChI=1S/C48H39Cl2N3O9S/c1-59-42-4-2-3-5-46(42)63(57,58)53-26-36-24-44-43(61-28-45(62-44)34-15-17-37(18-16-34)60-27-31-10-19-38(49)39(50)20-31)23-35(36)22-41(53)47(54)52-40(48(55)56)21-29-6-11-32(12-7-29)33-13-8-30(25-51)9-14-33/h2-20,23-24,40-41,45H,21-22,26-28H2,1H3,(H,52,54)(H,55,56)/t40-,41-,45?/m0/s1. The fourth-order valence-corrected chi connectivity index (χ4v) is 9.62. The average Bonchev–Trinajstić information content (AvgIpc) is 3.30. The summed E-state index contributed by atoms with van der Waals surface area (Å²) in [6.45, 7) is 0.248. The summed E-state index contributed by atoms with van der Waals surface area (Å²) >= 11 is 12.2. The number of nitrogens with zero attached hydrogens (tertiary/aromatic N) is 2. The van der Waals surface area contributed by atoms with Gasteiger partial charge in [-0.3, -0.25) is 4.79 Å². The van der Waals surface area contributed by atoms with E-state index in [-0.39, 0.29) is 36.6 Å². The molecular weight excluding hydrogens is 866 g/mol. The van der Waals surface area contributed by atoms with Gasteiger partial charge in [0, 0.05) is 13.0 Å². The van der Waals surface area contributed by atoms with Crippen LogP contribution in [0.2, 0.25) is 10.0 Å². The van der Waals surface area contributed by atoms with Gasteiger partial charge in [0.25, 0.3) is 0 Å². The molecule has 6 aromatic carbocycles. The van der Waals surface area contributed by atoms with Gasteiger partial charge in [-0.25, -0.2) is 13.2 Å². The number of para-hydroxylation sites is 1. The van der Waals surface area contributed by atoms with Gasteiger partial charge in [-0.05, 0) is 106 Å². The minimum absolute atomic E-state index is 0.0639. The Morgan fingerprint density at radius 1 is 0.873 bits per heavy atom. The number of benzene rings is 6. The number of halogens is 2. The third-order valence-corrected chi connectivity index (χ3v) is 13.6. The van der Waals surface area contributed by atoms with Crippen molar-refractivity contribution in [1.29, 1.82) is 5.26 Å². The summed E-state index contributed by atoms with van der Waals surface area (Å²) in [6, 6.07) is 36.0. The molecule has 12 nitrogen and oxygen atoms in total. The molecule has 2 heterocycles. The fraction of sp³-hybridized carbons (Fsp3) is 0.188. The number of ether oxygens (including phenoxy) is 4. The van der Waals surface area contributed by atoms with Crippen molar-refractivity contribution in [2.24, 2.45) is 0 Å². The van der Waals surface area contributed by atoms with E-state index in [0.29, 0.717) is 56.2 Å². The molecule has 2 aliphatic heterocycles. The smallest absolute Gasteiger partial charge is 0.326 e. The number of carboxylic acid groups (broad SMARTS) is 1. The van der Waals surface area contributed by atoms with Crippen molar-refractivity contribution < 1.29 is 42.1 Å². The molecule has 15 heteroatoms. The van der Waals surface area contributed by atoms with E-state index in [1.54, 1.807) is 60.7 Å². The average molecular weight is 905 g/mol. The highest BCUT2D eigenvalue weighted by Gasteiger charge is 2.42. The van der Waals surface area contributed by atoms with Gasteiger partial charge in [0.1, 0.15) is 41.7 Å². The van der Waals surface area contributed by atoms with Crippen molar-refractivity contribution in [3.63, 3.8) is 0 Å². The molecule has 63 heavy (non-hydrogen) atoms. The highest BCUT2D eigenvalue weighted by atomic mass is 35.5. The molecule has 2 aliphatic rings. The van der Waals surface area contributed by atoms with E-state index >= 15 is 0 Å². The number of carbonyl (C=O) groups is 2. The molecule has 0 spiro atoms. The zero-order valence-electron chi connectivity index (χ0n) is 33.7. The van der Waals surface area contributed by atoms with Gasteiger partial charge < -0.3 is 29.4 Å². The molecule has 1 unspecified atom stereocenters. The number of carbonyl (C=O) groups excluding carboxylic acids is 1.